The van der Waals surface area contributed by atoms with Crippen LogP contribution in [-0.4, -0.2) is 66.0 Å². The highest BCUT2D eigenvalue weighted by Crippen LogP contribution is 2.39. The average molecular weight is 417 g/mol. The largest absolute Gasteiger partial charge is 0.322 e. The van der Waals surface area contributed by atoms with Crippen molar-refractivity contribution < 1.29 is 8.42 Å². The van der Waals surface area contributed by atoms with Gasteiger partial charge in [-0.3, -0.25) is 0 Å². The number of aryl methyl sites for hydroxylation is 2. The Morgan fingerprint density at radius 2 is 1.83 bits per heavy atom. The number of likely N-dealkylation sites (N-methyl/N-ethyl adjacent to an activating group) is 1. The van der Waals surface area contributed by atoms with Crippen LogP contribution in [0.25, 0.3) is 0 Å². The van der Waals surface area contributed by atoms with Gasteiger partial charge in [-0.25, -0.2) is 13.5 Å². The highest BCUT2D eigenvalue weighted by Gasteiger charge is 2.35. The van der Waals surface area contributed by atoms with Crippen molar-refractivity contribution >= 4 is 21.7 Å². The number of aromatic nitrogens is 3. The number of fused-ring (bicyclic) bond motifs is 2. The van der Waals surface area contributed by atoms with E-state index in [1.807, 2.05) is 14.1 Å². The van der Waals surface area contributed by atoms with E-state index >= 15 is 0 Å². The molecule has 1 aliphatic heterocycles. The molecule has 29 heavy (non-hydrogen) atoms. The molecule has 1 atom stereocenters. The number of hydrogen-bond donors (Lipinski definition) is 2. The first-order chi connectivity index (χ1) is 13.9. The molecule has 2 heterocycles. The Labute approximate surface area is 171 Å². The zero-order valence-corrected chi connectivity index (χ0v) is 17.8. The molecule has 0 bridgehead atoms. The van der Waals surface area contributed by atoms with Crippen molar-refractivity contribution in [2.45, 2.75) is 56.1 Å². The summed E-state index contributed by atoms with van der Waals surface area (Å²) >= 11 is 0. The summed E-state index contributed by atoms with van der Waals surface area (Å²) < 4.78 is 27.5. The van der Waals surface area contributed by atoms with Gasteiger partial charge in [-0.1, -0.05) is 6.07 Å². The van der Waals surface area contributed by atoms with Crippen LogP contribution in [0.5, 0.6) is 0 Å². The highest BCUT2D eigenvalue weighted by atomic mass is 32.2. The maximum Gasteiger partial charge on any atom is 0.278 e. The summed E-state index contributed by atoms with van der Waals surface area (Å²) in [5, 5.41) is 10.1. The third-order valence-corrected chi connectivity index (χ3v) is 8.30. The van der Waals surface area contributed by atoms with Gasteiger partial charge in [-0.15, -0.1) is 5.10 Å². The quantitative estimate of drug-likeness (QED) is 0.773. The molecule has 1 aromatic heterocycles. The number of H-pyrrole nitrogens is 1. The van der Waals surface area contributed by atoms with E-state index in [9.17, 15) is 8.42 Å². The van der Waals surface area contributed by atoms with E-state index in [-0.39, 0.29) is 11.2 Å². The number of anilines is 2. The Morgan fingerprint density at radius 1 is 1.14 bits per heavy atom. The van der Waals surface area contributed by atoms with Crippen LogP contribution >= 0.6 is 0 Å². The molecular weight excluding hydrogens is 388 g/mol. The van der Waals surface area contributed by atoms with Crippen LogP contribution in [-0.2, 0) is 35.7 Å². The molecule has 8 nitrogen and oxygen atoms in total. The van der Waals surface area contributed by atoms with Gasteiger partial charge in [0.05, 0.1) is 0 Å². The number of benzene rings is 1. The molecule has 2 aromatic rings. The van der Waals surface area contributed by atoms with Crippen LogP contribution in [0, 0.1) is 0 Å². The van der Waals surface area contributed by atoms with E-state index in [4.69, 9.17) is 0 Å². The summed E-state index contributed by atoms with van der Waals surface area (Å²) in [4.78, 5) is 6.39. The third kappa shape index (κ3) is 3.25. The fraction of sp³-hybridized carbons (Fsp3) is 0.600. The van der Waals surface area contributed by atoms with Gasteiger partial charge in [0, 0.05) is 24.8 Å². The molecule has 1 fully saturated rings. The van der Waals surface area contributed by atoms with Crippen LogP contribution in [0.1, 0.15) is 41.5 Å². The smallest absolute Gasteiger partial charge is 0.278 e. The van der Waals surface area contributed by atoms with E-state index < -0.39 is 10.0 Å². The van der Waals surface area contributed by atoms with Crippen molar-refractivity contribution in [1.29, 1.82) is 0 Å². The van der Waals surface area contributed by atoms with Crippen LogP contribution in [0.4, 0.5) is 11.6 Å². The molecule has 2 aliphatic carbocycles. The number of aromatic amines is 1. The van der Waals surface area contributed by atoms with Crippen LogP contribution in [0.15, 0.2) is 11.2 Å². The second-order valence-corrected chi connectivity index (χ2v) is 10.4. The molecule has 5 rings (SSSR count). The standard InChI is InChI=1S/C20H28N6O2S/c1-25(2)15-9-10-26(12-15)29(27,28)20-22-19(23-24-20)21-18-16-7-3-5-13(16)11-14-6-4-8-17(14)18/h11,15H,3-10,12H2,1-2H3,(H2,21,22,23,24). The number of nitrogens with zero attached hydrogens (tertiary/aromatic N) is 4. The van der Waals surface area contributed by atoms with Crippen LogP contribution in [0.2, 0.25) is 0 Å². The minimum absolute atomic E-state index is 0.0800. The van der Waals surface area contributed by atoms with Crippen molar-refractivity contribution in [3.63, 3.8) is 0 Å². The van der Waals surface area contributed by atoms with Crippen molar-refractivity contribution in [1.82, 2.24) is 24.4 Å². The Hall–Kier alpha value is -1.97. The Kier molecular flexibility index (Phi) is 4.64. The van der Waals surface area contributed by atoms with E-state index in [1.54, 1.807) is 0 Å². The van der Waals surface area contributed by atoms with Gasteiger partial charge in [-0.05, 0) is 81.3 Å². The summed E-state index contributed by atoms with van der Waals surface area (Å²) in [6, 6.07) is 2.61. The Bertz CT molecular complexity index is 1010. The van der Waals surface area contributed by atoms with Gasteiger partial charge in [0.15, 0.2) is 0 Å². The molecule has 1 saturated heterocycles. The van der Waals surface area contributed by atoms with Crippen molar-refractivity contribution in [2.75, 3.05) is 32.5 Å². The first-order valence-corrected chi connectivity index (χ1v) is 11.9. The summed E-state index contributed by atoms with van der Waals surface area (Å²) in [7, 11) is 0.298. The fourth-order valence-corrected chi connectivity index (χ4v) is 6.29. The molecular formula is C20H28N6O2S. The maximum absolute atomic E-state index is 13.0. The lowest BCUT2D eigenvalue weighted by Crippen LogP contribution is -2.34. The molecule has 156 valence electrons. The summed E-state index contributed by atoms with van der Waals surface area (Å²) in [6.45, 7) is 0.993. The normalized spacial score (nSPS) is 21.7. The van der Waals surface area contributed by atoms with Gasteiger partial charge < -0.3 is 10.2 Å². The molecule has 0 amide bonds. The Morgan fingerprint density at radius 3 is 2.45 bits per heavy atom. The topological polar surface area (TPSA) is 94.2 Å². The van der Waals surface area contributed by atoms with Crippen molar-refractivity contribution in [3.05, 3.63) is 28.3 Å². The lowest BCUT2D eigenvalue weighted by Gasteiger charge is -2.19. The highest BCUT2D eigenvalue weighted by molar-refractivity contribution is 7.89. The zero-order valence-electron chi connectivity index (χ0n) is 17.0. The van der Waals surface area contributed by atoms with E-state index in [2.05, 4.69) is 31.5 Å². The summed E-state index contributed by atoms with van der Waals surface area (Å²) in [6.07, 6.45) is 7.51. The second kappa shape index (κ2) is 7.07. The molecule has 1 aromatic carbocycles. The second-order valence-electron chi connectivity index (χ2n) is 8.59. The molecule has 9 heteroatoms. The third-order valence-electron chi connectivity index (χ3n) is 6.62. The molecule has 1 unspecified atom stereocenters. The summed E-state index contributed by atoms with van der Waals surface area (Å²) in [5.74, 6) is 0.335. The van der Waals surface area contributed by atoms with Gasteiger partial charge >= 0.3 is 0 Å². The minimum atomic E-state index is -3.66. The van der Waals surface area contributed by atoms with E-state index in [0.29, 0.717) is 19.0 Å². The monoisotopic (exact) mass is 416 g/mol. The predicted octanol–water partition coefficient (Wildman–Crippen LogP) is 1.85. The number of sulfonamides is 1. The number of nitrogens with one attached hydrogen (secondary N) is 2. The maximum atomic E-state index is 13.0. The molecule has 2 N–H and O–H groups in total. The van der Waals surface area contributed by atoms with Crippen molar-refractivity contribution in [3.8, 4) is 0 Å². The van der Waals surface area contributed by atoms with Crippen LogP contribution in [0.3, 0.4) is 0 Å². The zero-order chi connectivity index (χ0) is 20.2. The number of rotatable bonds is 5. The van der Waals surface area contributed by atoms with Crippen molar-refractivity contribution in [2.24, 2.45) is 0 Å². The first kappa shape index (κ1) is 19.0. The van der Waals surface area contributed by atoms with Crippen LogP contribution < -0.4 is 5.32 Å². The summed E-state index contributed by atoms with van der Waals surface area (Å²) in [5.41, 5.74) is 6.66. The average Bonchev–Trinajstić information content (AvgIpc) is 3.46. The minimum Gasteiger partial charge on any atom is -0.322 e. The molecule has 3 aliphatic rings. The number of hydrogen-bond acceptors (Lipinski definition) is 6. The molecule has 0 radical (unpaired) electrons. The van der Waals surface area contributed by atoms with Gasteiger partial charge in [0.2, 0.25) is 5.95 Å². The van der Waals surface area contributed by atoms with Gasteiger partial charge in [-0.2, -0.15) is 9.29 Å². The lowest BCUT2D eigenvalue weighted by atomic mass is 9.99. The lowest BCUT2D eigenvalue weighted by molar-refractivity contribution is 0.302. The SMILES string of the molecule is CN(C)C1CCN(S(=O)(=O)c2nc(Nc3c4c(cc5c3CCC5)CCC4)n[nH]2)C1. The predicted molar refractivity (Wildman–Crippen MR) is 111 cm³/mol. The first-order valence-electron chi connectivity index (χ1n) is 10.5. The van der Waals surface area contributed by atoms with Gasteiger partial charge in [0.1, 0.15) is 0 Å². The fourth-order valence-electron chi connectivity index (χ4n) is 4.97. The van der Waals surface area contributed by atoms with Gasteiger partial charge in [0.25, 0.3) is 15.2 Å². The molecule has 0 saturated carbocycles. The van der Waals surface area contributed by atoms with E-state index in [1.165, 1.54) is 39.4 Å². The Balaban J connectivity index is 1.41. The van der Waals surface area contributed by atoms with E-state index in [0.717, 1.165) is 37.8 Å². The molecule has 0 spiro atoms.